The van der Waals surface area contributed by atoms with Crippen LogP contribution in [0.2, 0.25) is 0 Å². The van der Waals surface area contributed by atoms with Crippen LogP contribution < -0.4 is 15.7 Å². The summed E-state index contributed by atoms with van der Waals surface area (Å²) in [7, 11) is 0. The Bertz CT molecular complexity index is 2550. The first kappa shape index (κ1) is 48.1. The minimum Gasteiger partial charge on any atom is -0.461 e. The lowest BCUT2D eigenvalue weighted by atomic mass is 9.64. The number of hydrogen-bond donors (Lipinski definition) is 2. The molecular formula is C51H58ClF4N7O4. The van der Waals surface area contributed by atoms with Crippen LogP contribution in [0.25, 0.3) is 0 Å². The van der Waals surface area contributed by atoms with Crippen LogP contribution in [0.3, 0.4) is 0 Å². The predicted octanol–water partition coefficient (Wildman–Crippen LogP) is 10.1. The summed E-state index contributed by atoms with van der Waals surface area (Å²) in [5.74, 6) is 0.254. The van der Waals surface area contributed by atoms with Crippen molar-refractivity contribution in [3.63, 3.8) is 0 Å². The second-order valence-corrected chi connectivity index (χ2v) is 18.7. The number of fused-ring (bicyclic) bond motifs is 2. The Hall–Kier alpha value is -5.35. The fourth-order valence-corrected chi connectivity index (χ4v) is 10.4. The fourth-order valence-electron chi connectivity index (χ4n) is 10.0. The number of piperidine rings is 1. The van der Waals surface area contributed by atoms with Crippen LogP contribution in [0.1, 0.15) is 109 Å². The van der Waals surface area contributed by atoms with Gasteiger partial charge in [-0.3, -0.25) is 9.13 Å². The van der Waals surface area contributed by atoms with Crippen molar-refractivity contribution in [3.8, 4) is 6.01 Å². The lowest BCUT2D eigenvalue weighted by molar-refractivity contribution is -0.00748. The summed E-state index contributed by atoms with van der Waals surface area (Å²) in [5.41, 5.74) is 4.05. The molecule has 1 saturated heterocycles. The quantitative estimate of drug-likeness (QED) is 0.0727. The van der Waals surface area contributed by atoms with E-state index in [1.165, 1.54) is 18.0 Å². The second-order valence-electron chi connectivity index (χ2n) is 18.4. The van der Waals surface area contributed by atoms with Crippen molar-refractivity contribution in [1.82, 2.24) is 34.8 Å². The van der Waals surface area contributed by atoms with Crippen LogP contribution >= 0.6 is 11.6 Å². The number of hydrogen-bond acceptors (Lipinski definition) is 8. The van der Waals surface area contributed by atoms with E-state index in [0.717, 1.165) is 42.4 Å². The van der Waals surface area contributed by atoms with Gasteiger partial charge in [-0.05, 0) is 96.9 Å². The molecule has 0 radical (unpaired) electrons. The highest BCUT2D eigenvalue weighted by Gasteiger charge is 2.49. The van der Waals surface area contributed by atoms with Crippen molar-refractivity contribution in [2.75, 3.05) is 32.2 Å². The van der Waals surface area contributed by atoms with E-state index in [1.54, 1.807) is 41.2 Å². The SMILES string of the molecule is C[C@@H](OCC1(c2ccccc2)CCC2(CC1)COc1nncn12)c1cc(CF)cc(CF)c1.C[C@@H](OC[C@@]1(c2ccccc2)CC[C@](CCl)(n2cn[nH]c2=O)CN1)c1cc(CF)cc(CF)c1. The molecule has 4 atom stereocenters. The fraction of sp³-hybridized carbons (Fsp3) is 0.451. The molecule has 4 aromatic carbocycles. The van der Waals surface area contributed by atoms with Gasteiger partial charge in [-0.1, -0.05) is 102 Å². The summed E-state index contributed by atoms with van der Waals surface area (Å²) in [6.45, 7) is 3.25. The monoisotopic (exact) mass is 943 g/mol. The van der Waals surface area contributed by atoms with Crippen LogP contribution in [0.4, 0.5) is 17.6 Å². The number of nitrogens with zero attached hydrogens (tertiary/aromatic N) is 5. The molecule has 4 heterocycles. The van der Waals surface area contributed by atoms with Gasteiger partial charge in [-0.25, -0.2) is 27.5 Å². The Morgan fingerprint density at radius 3 is 1.75 bits per heavy atom. The zero-order valence-corrected chi connectivity index (χ0v) is 38.7. The zero-order chi connectivity index (χ0) is 47.1. The van der Waals surface area contributed by atoms with Gasteiger partial charge in [-0.2, -0.15) is 5.10 Å². The summed E-state index contributed by atoms with van der Waals surface area (Å²) in [6, 6.07) is 31.2. The first-order valence-corrected chi connectivity index (χ1v) is 23.4. The number of nitrogens with one attached hydrogen (secondary N) is 2. The van der Waals surface area contributed by atoms with E-state index < -0.39 is 37.8 Å². The van der Waals surface area contributed by atoms with Crippen LogP contribution in [0.5, 0.6) is 6.01 Å². The third-order valence-corrected chi connectivity index (χ3v) is 14.8. The molecule has 2 N–H and O–H groups in total. The van der Waals surface area contributed by atoms with E-state index >= 15 is 0 Å². The van der Waals surface area contributed by atoms with Crippen molar-refractivity contribution >= 4 is 11.6 Å². The highest BCUT2D eigenvalue weighted by molar-refractivity contribution is 6.18. The first-order chi connectivity index (χ1) is 32.5. The summed E-state index contributed by atoms with van der Waals surface area (Å²) in [4.78, 5) is 12.3. The normalized spacial score (nSPS) is 24.3. The van der Waals surface area contributed by atoms with Gasteiger partial charge in [0.15, 0.2) is 0 Å². The molecule has 16 heteroatoms. The number of aromatic nitrogens is 6. The molecule has 67 heavy (non-hydrogen) atoms. The second kappa shape index (κ2) is 20.9. The first-order valence-electron chi connectivity index (χ1n) is 22.8. The molecule has 3 aliphatic rings. The molecule has 0 unspecified atom stereocenters. The van der Waals surface area contributed by atoms with Gasteiger partial charge < -0.3 is 19.5 Å². The maximum atomic E-state index is 13.3. The average Bonchev–Trinajstić information content (AvgIpc) is 4.14. The standard InChI is InChI=1S/C26H29F2N3O2.C25H29ClF2N4O2/c1-19(22-12-20(14-27)11-21(13-22)15-28)32-16-25(23-5-3-2-4-6-23)7-9-26(10-8-25)17-33-24-30-29-18-31(24)26;1-18(21-10-19(12-27)9-20(11-21)13-28)34-16-25(22-5-3-2-4-6-22)8-7-24(14-26,15-29-25)32-17-30-31-23(32)33/h2-6,11-13,18-19H,7-10,14-17H2,1H3;2-6,9-11,17-18,29H,7-8,12-16H2,1H3,(H,31,33)/t19-,25?,26?;18-,24-,25-/m11/s1. The Morgan fingerprint density at radius 2 is 1.25 bits per heavy atom. The smallest absolute Gasteiger partial charge is 0.343 e. The third-order valence-electron chi connectivity index (χ3n) is 14.3. The maximum Gasteiger partial charge on any atom is 0.343 e. The van der Waals surface area contributed by atoms with Gasteiger partial charge in [0.1, 0.15) is 46.0 Å². The molecule has 0 bridgehead atoms. The molecule has 1 spiro atoms. The van der Waals surface area contributed by atoms with E-state index in [-0.39, 0.29) is 34.7 Å². The van der Waals surface area contributed by atoms with E-state index in [2.05, 4.69) is 54.5 Å². The predicted molar refractivity (Wildman–Crippen MR) is 248 cm³/mol. The number of benzene rings is 4. The molecular weight excluding hydrogens is 886 g/mol. The summed E-state index contributed by atoms with van der Waals surface area (Å²) in [5, 5.41) is 18.0. The van der Waals surface area contributed by atoms with Gasteiger partial charge in [0.25, 0.3) is 0 Å². The van der Waals surface area contributed by atoms with Crippen LogP contribution in [0, 0.1) is 0 Å². The van der Waals surface area contributed by atoms with E-state index in [1.807, 2.05) is 50.2 Å². The number of halogens is 5. The van der Waals surface area contributed by atoms with Crippen molar-refractivity contribution in [3.05, 3.63) is 165 Å². The van der Waals surface area contributed by atoms with Crippen molar-refractivity contribution < 1.29 is 31.8 Å². The van der Waals surface area contributed by atoms with Gasteiger partial charge >= 0.3 is 11.7 Å². The minimum absolute atomic E-state index is 0.103. The van der Waals surface area contributed by atoms with E-state index in [0.29, 0.717) is 67.5 Å². The van der Waals surface area contributed by atoms with E-state index in [9.17, 15) is 22.4 Å². The Labute approximate surface area is 393 Å². The summed E-state index contributed by atoms with van der Waals surface area (Å²) >= 11 is 6.37. The molecule has 0 amide bonds. The summed E-state index contributed by atoms with van der Waals surface area (Å²) < 4.78 is 75.3. The molecule has 2 fully saturated rings. The molecule has 9 rings (SSSR count). The highest BCUT2D eigenvalue weighted by atomic mass is 35.5. The average molecular weight is 945 g/mol. The maximum absolute atomic E-state index is 13.3. The number of rotatable bonds is 16. The van der Waals surface area contributed by atoms with E-state index in [4.69, 9.17) is 25.8 Å². The van der Waals surface area contributed by atoms with Crippen molar-refractivity contribution in [2.24, 2.45) is 0 Å². The molecule has 11 nitrogen and oxygen atoms in total. The van der Waals surface area contributed by atoms with Crippen LogP contribution in [-0.4, -0.2) is 61.8 Å². The largest absolute Gasteiger partial charge is 0.461 e. The molecule has 356 valence electrons. The highest BCUT2D eigenvalue weighted by Crippen LogP contribution is 2.50. The lowest BCUT2D eigenvalue weighted by Crippen LogP contribution is -2.61. The third kappa shape index (κ3) is 10.1. The van der Waals surface area contributed by atoms with Crippen LogP contribution in [0.15, 0.2) is 115 Å². The topological polar surface area (TPSA) is 121 Å². The molecule has 6 aromatic rings. The summed E-state index contributed by atoms with van der Waals surface area (Å²) in [6.07, 6.45) is 7.68. The molecule has 2 aromatic heterocycles. The Balaban J connectivity index is 0.000000182. The lowest BCUT2D eigenvalue weighted by Gasteiger charge is -2.47. The van der Waals surface area contributed by atoms with Crippen molar-refractivity contribution in [1.29, 1.82) is 0 Å². The zero-order valence-electron chi connectivity index (χ0n) is 37.9. The van der Waals surface area contributed by atoms with Gasteiger partial charge in [-0.15, -0.1) is 16.7 Å². The molecule has 2 aliphatic heterocycles. The minimum atomic E-state index is -0.656. The van der Waals surface area contributed by atoms with Crippen molar-refractivity contribution in [2.45, 2.75) is 113 Å². The number of aromatic amines is 1. The van der Waals surface area contributed by atoms with Gasteiger partial charge in [0, 0.05) is 17.8 Å². The van der Waals surface area contributed by atoms with Gasteiger partial charge in [0.2, 0.25) is 0 Å². The van der Waals surface area contributed by atoms with Gasteiger partial charge in [0.05, 0.1) is 42.0 Å². The van der Waals surface area contributed by atoms with Crippen LogP contribution in [-0.2, 0) is 58.2 Å². The molecule has 1 aliphatic carbocycles. The number of alkyl halides is 5. The molecule has 1 saturated carbocycles. The Morgan fingerprint density at radius 1 is 0.701 bits per heavy atom. The Kier molecular flexibility index (Phi) is 15.0. The number of ether oxygens (including phenoxy) is 3. The number of H-pyrrole nitrogens is 1.